The van der Waals surface area contributed by atoms with Crippen LogP contribution in [0.2, 0.25) is 0 Å². The zero-order valence-corrected chi connectivity index (χ0v) is 9.89. The molecule has 0 radical (unpaired) electrons. The van der Waals surface area contributed by atoms with Crippen molar-refractivity contribution < 1.29 is 0 Å². The molecule has 2 aliphatic rings. The third-order valence-corrected chi connectivity index (χ3v) is 4.48. The summed E-state index contributed by atoms with van der Waals surface area (Å²) in [4.78, 5) is 6.91. The number of nitrogens with zero attached hydrogens (tertiary/aromatic N) is 2. The minimum atomic E-state index is 0.109. The summed E-state index contributed by atoms with van der Waals surface area (Å²) < 4.78 is 0. The standard InChI is InChI=1S/C11H17N3S/c1-2-9-5-15-10(13-9)14-6-11(12,7-14)8-3-4-8/h5,8H,2-4,6-7,12H2,1H3. The van der Waals surface area contributed by atoms with Crippen LogP contribution in [0.15, 0.2) is 5.38 Å². The van der Waals surface area contributed by atoms with Gasteiger partial charge in [0.15, 0.2) is 5.13 Å². The first kappa shape index (κ1) is 9.60. The predicted molar refractivity (Wildman–Crippen MR) is 63.3 cm³/mol. The lowest BCUT2D eigenvalue weighted by Gasteiger charge is -2.48. The van der Waals surface area contributed by atoms with Gasteiger partial charge in [-0.3, -0.25) is 0 Å². The normalized spacial score (nSPS) is 24.0. The lowest BCUT2D eigenvalue weighted by molar-refractivity contribution is 0.290. The van der Waals surface area contributed by atoms with Crippen LogP contribution in [0, 0.1) is 5.92 Å². The number of rotatable bonds is 3. The van der Waals surface area contributed by atoms with Crippen LogP contribution in [0.3, 0.4) is 0 Å². The molecule has 15 heavy (non-hydrogen) atoms. The van der Waals surface area contributed by atoms with Crippen LogP contribution >= 0.6 is 11.3 Å². The van der Waals surface area contributed by atoms with Crippen molar-refractivity contribution in [1.82, 2.24) is 4.98 Å². The van der Waals surface area contributed by atoms with Crippen LogP contribution in [0.4, 0.5) is 5.13 Å². The molecule has 1 saturated carbocycles. The number of thiazole rings is 1. The molecule has 1 aromatic rings. The van der Waals surface area contributed by atoms with Crippen molar-refractivity contribution in [3.63, 3.8) is 0 Å². The van der Waals surface area contributed by atoms with Crippen molar-refractivity contribution >= 4 is 16.5 Å². The molecule has 0 aromatic carbocycles. The summed E-state index contributed by atoms with van der Waals surface area (Å²) in [6, 6.07) is 0. The highest BCUT2D eigenvalue weighted by atomic mass is 32.1. The summed E-state index contributed by atoms with van der Waals surface area (Å²) in [5.74, 6) is 0.791. The van der Waals surface area contributed by atoms with E-state index in [0.29, 0.717) is 0 Å². The quantitative estimate of drug-likeness (QED) is 0.847. The summed E-state index contributed by atoms with van der Waals surface area (Å²) in [6.45, 7) is 4.16. The molecular weight excluding hydrogens is 206 g/mol. The average molecular weight is 223 g/mol. The van der Waals surface area contributed by atoms with E-state index in [2.05, 4.69) is 22.2 Å². The second-order valence-corrected chi connectivity index (χ2v) is 5.68. The van der Waals surface area contributed by atoms with Gasteiger partial charge in [-0.25, -0.2) is 4.98 Å². The molecule has 1 aromatic heterocycles. The molecule has 3 rings (SSSR count). The van der Waals surface area contributed by atoms with Crippen LogP contribution in [-0.4, -0.2) is 23.6 Å². The Balaban J connectivity index is 1.66. The third-order valence-electron chi connectivity index (χ3n) is 3.53. The molecule has 1 aliphatic heterocycles. The van der Waals surface area contributed by atoms with Crippen molar-refractivity contribution in [1.29, 1.82) is 0 Å². The molecule has 0 unspecified atom stereocenters. The van der Waals surface area contributed by atoms with E-state index in [1.165, 1.54) is 18.5 Å². The molecule has 0 amide bonds. The lowest BCUT2D eigenvalue weighted by Crippen LogP contribution is -2.69. The van der Waals surface area contributed by atoms with Gasteiger partial charge in [-0.1, -0.05) is 6.92 Å². The summed E-state index contributed by atoms with van der Waals surface area (Å²) >= 11 is 1.75. The maximum Gasteiger partial charge on any atom is 0.185 e. The first-order chi connectivity index (χ1) is 7.21. The summed E-state index contributed by atoms with van der Waals surface area (Å²) in [7, 11) is 0. The van der Waals surface area contributed by atoms with Gasteiger partial charge in [0.05, 0.1) is 11.2 Å². The van der Waals surface area contributed by atoms with E-state index in [1.807, 2.05) is 0 Å². The molecule has 0 atom stereocenters. The average Bonchev–Trinajstić information content (AvgIpc) is 2.93. The van der Waals surface area contributed by atoms with Gasteiger partial charge in [0.1, 0.15) is 0 Å². The maximum absolute atomic E-state index is 6.31. The van der Waals surface area contributed by atoms with Gasteiger partial charge < -0.3 is 10.6 Å². The van der Waals surface area contributed by atoms with Crippen molar-refractivity contribution in [3.05, 3.63) is 11.1 Å². The first-order valence-corrected chi connectivity index (χ1v) is 6.57. The summed E-state index contributed by atoms with van der Waals surface area (Å²) in [5.41, 5.74) is 7.62. The smallest absolute Gasteiger partial charge is 0.185 e. The van der Waals surface area contributed by atoms with Crippen molar-refractivity contribution in [2.45, 2.75) is 31.7 Å². The number of aryl methyl sites for hydroxylation is 1. The molecule has 0 spiro atoms. The molecule has 2 fully saturated rings. The van der Waals surface area contributed by atoms with Gasteiger partial charge >= 0.3 is 0 Å². The Labute approximate surface area is 94.3 Å². The minimum absolute atomic E-state index is 0.109. The van der Waals surface area contributed by atoms with E-state index < -0.39 is 0 Å². The Morgan fingerprint density at radius 3 is 2.87 bits per heavy atom. The fourth-order valence-corrected chi connectivity index (χ4v) is 3.23. The molecule has 2 N–H and O–H groups in total. The molecular formula is C11H17N3S. The van der Waals surface area contributed by atoms with Gasteiger partial charge in [0, 0.05) is 18.5 Å². The number of anilines is 1. The van der Waals surface area contributed by atoms with Gasteiger partial charge in [-0.05, 0) is 25.2 Å². The topological polar surface area (TPSA) is 42.1 Å². The van der Waals surface area contributed by atoms with Crippen LogP contribution in [0.5, 0.6) is 0 Å². The molecule has 82 valence electrons. The van der Waals surface area contributed by atoms with Gasteiger partial charge in [-0.2, -0.15) is 0 Å². The van der Waals surface area contributed by atoms with E-state index in [4.69, 9.17) is 5.73 Å². The van der Waals surface area contributed by atoms with Crippen molar-refractivity contribution in [2.24, 2.45) is 11.7 Å². The molecule has 1 saturated heterocycles. The Kier molecular flexibility index (Phi) is 2.04. The molecule has 2 heterocycles. The van der Waals surface area contributed by atoms with Gasteiger partial charge in [-0.15, -0.1) is 11.3 Å². The van der Waals surface area contributed by atoms with E-state index in [0.717, 1.165) is 30.6 Å². The van der Waals surface area contributed by atoms with E-state index in [9.17, 15) is 0 Å². The predicted octanol–water partition coefficient (Wildman–Crippen LogP) is 1.63. The molecule has 3 nitrogen and oxygen atoms in total. The minimum Gasteiger partial charge on any atom is -0.344 e. The fraction of sp³-hybridized carbons (Fsp3) is 0.727. The van der Waals surface area contributed by atoms with Crippen LogP contribution in [-0.2, 0) is 6.42 Å². The van der Waals surface area contributed by atoms with Crippen molar-refractivity contribution in [3.8, 4) is 0 Å². The van der Waals surface area contributed by atoms with Gasteiger partial charge in [0.2, 0.25) is 0 Å². The monoisotopic (exact) mass is 223 g/mol. The molecule has 1 aliphatic carbocycles. The van der Waals surface area contributed by atoms with E-state index >= 15 is 0 Å². The number of hydrogen-bond acceptors (Lipinski definition) is 4. The van der Waals surface area contributed by atoms with E-state index in [1.54, 1.807) is 11.3 Å². The van der Waals surface area contributed by atoms with Crippen molar-refractivity contribution in [2.75, 3.05) is 18.0 Å². The van der Waals surface area contributed by atoms with Crippen LogP contribution < -0.4 is 10.6 Å². The second kappa shape index (κ2) is 3.19. The summed E-state index contributed by atoms with van der Waals surface area (Å²) in [5, 5.41) is 3.32. The van der Waals surface area contributed by atoms with Crippen LogP contribution in [0.1, 0.15) is 25.5 Å². The summed E-state index contributed by atoms with van der Waals surface area (Å²) in [6.07, 6.45) is 3.70. The Bertz CT molecular complexity index is 364. The zero-order valence-electron chi connectivity index (χ0n) is 9.07. The first-order valence-electron chi connectivity index (χ1n) is 5.69. The molecule has 0 bridgehead atoms. The number of nitrogens with two attached hydrogens (primary N) is 1. The fourth-order valence-electron chi connectivity index (χ4n) is 2.32. The Morgan fingerprint density at radius 1 is 1.60 bits per heavy atom. The highest BCUT2D eigenvalue weighted by molar-refractivity contribution is 7.13. The van der Waals surface area contributed by atoms with Gasteiger partial charge in [0.25, 0.3) is 0 Å². The number of aromatic nitrogens is 1. The zero-order chi connectivity index (χ0) is 10.5. The van der Waals surface area contributed by atoms with Crippen LogP contribution in [0.25, 0.3) is 0 Å². The third kappa shape index (κ3) is 1.56. The largest absolute Gasteiger partial charge is 0.344 e. The number of hydrogen-bond donors (Lipinski definition) is 1. The Hall–Kier alpha value is -0.610. The second-order valence-electron chi connectivity index (χ2n) is 4.84. The van der Waals surface area contributed by atoms with E-state index in [-0.39, 0.29) is 5.54 Å². The highest BCUT2D eigenvalue weighted by Crippen LogP contribution is 2.44. The lowest BCUT2D eigenvalue weighted by atomic mass is 9.86. The molecule has 4 heteroatoms. The highest BCUT2D eigenvalue weighted by Gasteiger charge is 2.50. The SMILES string of the molecule is CCc1csc(N2CC(N)(C3CC3)C2)n1. The maximum atomic E-state index is 6.31. The Morgan fingerprint density at radius 2 is 2.33 bits per heavy atom.